The first-order chi connectivity index (χ1) is 11.5. The largest absolute Gasteiger partial charge is 0.351 e. The van der Waals surface area contributed by atoms with E-state index < -0.39 is 11.8 Å². The molecule has 0 bridgehead atoms. The molecule has 0 aliphatic rings. The predicted octanol–water partition coefficient (Wildman–Crippen LogP) is 1.61. The molecule has 0 saturated carbocycles. The Labute approximate surface area is 140 Å². The van der Waals surface area contributed by atoms with Gasteiger partial charge in [-0.05, 0) is 30.2 Å². The average Bonchev–Trinajstić information content (AvgIpc) is 2.60. The second-order valence-electron chi connectivity index (χ2n) is 5.19. The summed E-state index contributed by atoms with van der Waals surface area (Å²) in [5.74, 6) is -1.92. The van der Waals surface area contributed by atoms with E-state index in [1.165, 1.54) is 7.05 Å². The highest BCUT2D eigenvalue weighted by atomic mass is 16.2. The van der Waals surface area contributed by atoms with Crippen LogP contribution in [0.5, 0.6) is 0 Å². The van der Waals surface area contributed by atoms with E-state index in [9.17, 15) is 14.4 Å². The Bertz CT molecular complexity index is 772. The molecule has 0 fully saturated rings. The molecule has 2 aromatic carbocycles. The maximum atomic E-state index is 12.4. The summed E-state index contributed by atoms with van der Waals surface area (Å²) in [6.07, 6.45) is 0. The van der Waals surface area contributed by atoms with E-state index in [1.807, 2.05) is 31.2 Å². The van der Waals surface area contributed by atoms with Gasteiger partial charge in [0.15, 0.2) is 0 Å². The fourth-order valence-electron chi connectivity index (χ4n) is 2.16. The van der Waals surface area contributed by atoms with E-state index in [4.69, 9.17) is 0 Å². The third-order valence-electron chi connectivity index (χ3n) is 3.55. The van der Waals surface area contributed by atoms with Crippen LogP contribution in [-0.4, -0.2) is 24.8 Å². The molecule has 0 aliphatic heterocycles. The highest BCUT2D eigenvalue weighted by Crippen LogP contribution is 2.15. The Balaban J connectivity index is 2.11. The SMILES string of the molecule is CNC(=O)C(=O)Nc1ccccc1C(=O)NCc1ccccc1C. The molecule has 3 amide bonds. The maximum absolute atomic E-state index is 12.4. The molecule has 0 aromatic heterocycles. The molecule has 0 unspecified atom stereocenters. The van der Waals surface area contributed by atoms with Crippen molar-refractivity contribution >= 4 is 23.4 Å². The fourth-order valence-corrected chi connectivity index (χ4v) is 2.16. The zero-order chi connectivity index (χ0) is 17.5. The summed E-state index contributed by atoms with van der Waals surface area (Å²) in [5.41, 5.74) is 2.67. The lowest BCUT2D eigenvalue weighted by atomic mass is 10.1. The van der Waals surface area contributed by atoms with E-state index in [0.717, 1.165) is 11.1 Å². The molecule has 2 rings (SSSR count). The minimum Gasteiger partial charge on any atom is -0.351 e. The predicted molar refractivity (Wildman–Crippen MR) is 91.5 cm³/mol. The Hall–Kier alpha value is -3.15. The molecular formula is C18H19N3O3. The zero-order valence-corrected chi connectivity index (χ0v) is 13.6. The van der Waals surface area contributed by atoms with Crippen molar-refractivity contribution in [2.24, 2.45) is 0 Å². The van der Waals surface area contributed by atoms with Crippen molar-refractivity contribution in [3.05, 3.63) is 65.2 Å². The van der Waals surface area contributed by atoms with E-state index in [-0.39, 0.29) is 11.6 Å². The number of nitrogens with one attached hydrogen (secondary N) is 3. The first-order valence-corrected chi connectivity index (χ1v) is 7.47. The molecule has 0 aliphatic carbocycles. The summed E-state index contributed by atoms with van der Waals surface area (Å²) in [6.45, 7) is 2.35. The number of likely N-dealkylation sites (N-methyl/N-ethyl adjacent to an activating group) is 1. The number of aryl methyl sites for hydroxylation is 1. The minimum atomic E-state index is -0.823. The van der Waals surface area contributed by atoms with Crippen molar-refractivity contribution in [3.63, 3.8) is 0 Å². The van der Waals surface area contributed by atoms with Crippen LogP contribution in [0.4, 0.5) is 5.69 Å². The van der Waals surface area contributed by atoms with E-state index >= 15 is 0 Å². The minimum absolute atomic E-state index is 0.286. The Morgan fingerprint density at radius 3 is 2.29 bits per heavy atom. The number of benzene rings is 2. The lowest BCUT2D eigenvalue weighted by Crippen LogP contribution is -2.33. The highest BCUT2D eigenvalue weighted by molar-refractivity contribution is 6.39. The van der Waals surface area contributed by atoms with Gasteiger partial charge in [-0.15, -0.1) is 0 Å². The van der Waals surface area contributed by atoms with Crippen molar-refractivity contribution < 1.29 is 14.4 Å². The van der Waals surface area contributed by atoms with Gasteiger partial charge in [-0.1, -0.05) is 36.4 Å². The summed E-state index contributed by atoms with van der Waals surface area (Å²) in [4.78, 5) is 35.4. The quantitative estimate of drug-likeness (QED) is 0.746. The Morgan fingerprint density at radius 1 is 0.917 bits per heavy atom. The van der Waals surface area contributed by atoms with E-state index in [1.54, 1.807) is 24.3 Å². The molecule has 124 valence electrons. The number of rotatable bonds is 4. The van der Waals surface area contributed by atoms with Gasteiger partial charge in [-0.2, -0.15) is 0 Å². The van der Waals surface area contributed by atoms with Crippen LogP contribution in [0.15, 0.2) is 48.5 Å². The van der Waals surface area contributed by atoms with Gasteiger partial charge >= 0.3 is 11.8 Å². The third-order valence-corrected chi connectivity index (χ3v) is 3.55. The standard InChI is InChI=1S/C18H19N3O3/c1-12-7-3-4-8-13(12)11-20-16(22)14-9-5-6-10-15(14)21-18(24)17(23)19-2/h3-10H,11H2,1-2H3,(H,19,23)(H,20,22)(H,21,24). The summed E-state index contributed by atoms with van der Waals surface area (Å²) in [6, 6.07) is 14.3. The Morgan fingerprint density at radius 2 is 1.58 bits per heavy atom. The number of para-hydroxylation sites is 1. The molecule has 24 heavy (non-hydrogen) atoms. The van der Waals surface area contributed by atoms with Gasteiger partial charge < -0.3 is 16.0 Å². The number of hydrogen-bond donors (Lipinski definition) is 3. The van der Waals surface area contributed by atoms with Gasteiger partial charge in [-0.3, -0.25) is 14.4 Å². The van der Waals surface area contributed by atoms with Gasteiger partial charge in [0.1, 0.15) is 0 Å². The maximum Gasteiger partial charge on any atom is 0.313 e. The van der Waals surface area contributed by atoms with Crippen molar-refractivity contribution in [1.29, 1.82) is 0 Å². The molecular weight excluding hydrogens is 306 g/mol. The van der Waals surface area contributed by atoms with E-state index in [0.29, 0.717) is 12.1 Å². The zero-order valence-electron chi connectivity index (χ0n) is 13.6. The van der Waals surface area contributed by atoms with Gasteiger partial charge in [0.05, 0.1) is 11.3 Å². The molecule has 2 aromatic rings. The van der Waals surface area contributed by atoms with Gasteiger partial charge in [0.25, 0.3) is 5.91 Å². The molecule has 3 N–H and O–H groups in total. The second-order valence-corrected chi connectivity index (χ2v) is 5.19. The van der Waals surface area contributed by atoms with Crippen LogP contribution in [0.25, 0.3) is 0 Å². The van der Waals surface area contributed by atoms with Crippen molar-refractivity contribution in [1.82, 2.24) is 10.6 Å². The summed E-state index contributed by atoms with van der Waals surface area (Å²) >= 11 is 0. The second kappa shape index (κ2) is 7.92. The van der Waals surface area contributed by atoms with Crippen LogP contribution < -0.4 is 16.0 Å². The number of amides is 3. The monoisotopic (exact) mass is 325 g/mol. The van der Waals surface area contributed by atoms with Crippen LogP contribution in [0.3, 0.4) is 0 Å². The van der Waals surface area contributed by atoms with Crippen LogP contribution in [0, 0.1) is 6.92 Å². The summed E-state index contributed by atoms with van der Waals surface area (Å²) < 4.78 is 0. The number of carbonyl (C=O) groups excluding carboxylic acids is 3. The van der Waals surface area contributed by atoms with Crippen molar-refractivity contribution in [3.8, 4) is 0 Å². The molecule has 6 nitrogen and oxygen atoms in total. The number of hydrogen-bond acceptors (Lipinski definition) is 3. The van der Waals surface area contributed by atoms with Gasteiger partial charge in [0.2, 0.25) is 0 Å². The smallest absolute Gasteiger partial charge is 0.313 e. The van der Waals surface area contributed by atoms with Crippen LogP contribution in [-0.2, 0) is 16.1 Å². The van der Waals surface area contributed by atoms with Gasteiger partial charge in [-0.25, -0.2) is 0 Å². The fraction of sp³-hybridized carbons (Fsp3) is 0.167. The summed E-state index contributed by atoms with van der Waals surface area (Å²) in [5, 5.41) is 7.50. The molecule has 0 saturated heterocycles. The Kier molecular flexibility index (Phi) is 5.68. The first-order valence-electron chi connectivity index (χ1n) is 7.47. The lowest BCUT2D eigenvalue weighted by Gasteiger charge is -2.12. The molecule has 6 heteroatoms. The molecule has 0 atom stereocenters. The molecule has 0 spiro atoms. The van der Waals surface area contributed by atoms with Crippen molar-refractivity contribution in [2.45, 2.75) is 13.5 Å². The van der Waals surface area contributed by atoms with Crippen LogP contribution in [0.2, 0.25) is 0 Å². The van der Waals surface area contributed by atoms with E-state index in [2.05, 4.69) is 16.0 Å². The molecule has 0 heterocycles. The highest BCUT2D eigenvalue weighted by Gasteiger charge is 2.16. The third kappa shape index (κ3) is 4.19. The number of anilines is 1. The lowest BCUT2D eigenvalue weighted by molar-refractivity contribution is -0.135. The summed E-state index contributed by atoms with van der Waals surface area (Å²) in [7, 11) is 1.36. The average molecular weight is 325 g/mol. The van der Waals surface area contributed by atoms with Crippen LogP contribution in [0.1, 0.15) is 21.5 Å². The van der Waals surface area contributed by atoms with Crippen molar-refractivity contribution in [2.75, 3.05) is 12.4 Å². The molecule has 0 radical (unpaired) electrons. The first kappa shape index (κ1) is 17.2. The van der Waals surface area contributed by atoms with Crippen LogP contribution >= 0.6 is 0 Å². The topological polar surface area (TPSA) is 87.3 Å². The normalized spacial score (nSPS) is 9.92. The van der Waals surface area contributed by atoms with Gasteiger partial charge in [0, 0.05) is 13.6 Å². The number of carbonyl (C=O) groups is 3.